The summed E-state index contributed by atoms with van der Waals surface area (Å²) >= 11 is 2.88. The Morgan fingerprint density at radius 3 is 2.53 bits per heavy atom. The van der Waals surface area contributed by atoms with Gasteiger partial charge in [-0.3, -0.25) is 9.59 Å². The Morgan fingerprint density at radius 2 is 1.88 bits per heavy atom. The number of ether oxygens (including phenoxy) is 1. The molecule has 1 fully saturated rings. The summed E-state index contributed by atoms with van der Waals surface area (Å²) in [5.41, 5.74) is 0.676. The van der Waals surface area contributed by atoms with E-state index in [1.54, 1.807) is 0 Å². The van der Waals surface area contributed by atoms with Crippen LogP contribution in [-0.4, -0.2) is 71.5 Å². The number of unbranched alkanes of at least 4 members (excludes halogenated alkanes) is 1. The number of anilines is 1. The Hall–Kier alpha value is -2.33. The molecule has 32 heavy (non-hydrogen) atoms. The summed E-state index contributed by atoms with van der Waals surface area (Å²) in [5, 5.41) is 12.2. The van der Waals surface area contributed by atoms with E-state index in [1.807, 2.05) is 43.0 Å². The lowest BCUT2D eigenvalue weighted by Gasteiger charge is -2.34. The van der Waals surface area contributed by atoms with Crippen LogP contribution in [0.15, 0.2) is 28.6 Å². The van der Waals surface area contributed by atoms with E-state index in [0.717, 1.165) is 28.1 Å². The first kappa shape index (κ1) is 24.3. The second-order valence-electron chi connectivity index (χ2n) is 7.87. The van der Waals surface area contributed by atoms with Gasteiger partial charge in [-0.1, -0.05) is 36.4 Å². The molecule has 1 aromatic carbocycles. The zero-order valence-electron chi connectivity index (χ0n) is 18.9. The van der Waals surface area contributed by atoms with Crippen LogP contribution < -0.4 is 15.0 Å². The molecule has 0 aliphatic carbocycles. The van der Waals surface area contributed by atoms with Crippen molar-refractivity contribution >= 4 is 40.0 Å². The van der Waals surface area contributed by atoms with Crippen molar-refractivity contribution in [3.63, 3.8) is 0 Å². The zero-order valence-corrected chi connectivity index (χ0v) is 20.5. The largest absolute Gasteiger partial charge is 0.494 e. The number of benzene rings is 1. The maximum atomic E-state index is 12.8. The highest BCUT2D eigenvalue weighted by Gasteiger charge is 2.24. The number of nitrogens with zero attached hydrogens (tertiary/aromatic N) is 4. The second-order valence-corrected chi connectivity index (χ2v) is 10.0. The molecule has 1 aliphatic heterocycles. The zero-order chi connectivity index (χ0) is 22.9. The van der Waals surface area contributed by atoms with Crippen molar-refractivity contribution in [2.45, 2.75) is 44.0 Å². The van der Waals surface area contributed by atoms with Gasteiger partial charge in [-0.2, -0.15) is 0 Å². The van der Waals surface area contributed by atoms with Crippen LogP contribution >= 0.6 is 23.1 Å². The van der Waals surface area contributed by atoms with Crippen LogP contribution in [0.5, 0.6) is 5.75 Å². The van der Waals surface area contributed by atoms with E-state index in [-0.39, 0.29) is 17.9 Å². The Morgan fingerprint density at radius 1 is 1.16 bits per heavy atom. The Labute approximate surface area is 197 Å². The van der Waals surface area contributed by atoms with Crippen LogP contribution in [-0.2, 0) is 4.79 Å². The molecule has 0 spiro atoms. The van der Waals surface area contributed by atoms with Crippen molar-refractivity contribution in [2.24, 2.45) is 0 Å². The minimum atomic E-state index is -0.00516. The molecule has 1 N–H and O–H groups in total. The van der Waals surface area contributed by atoms with E-state index in [2.05, 4.69) is 27.3 Å². The molecule has 0 atom stereocenters. The van der Waals surface area contributed by atoms with Crippen molar-refractivity contribution in [2.75, 3.05) is 43.4 Å². The third-order valence-electron chi connectivity index (χ3n) is 4.88. The predicted octanol–water partition coefficient (Wildman–Crippen LogP) is 3.30. The van der Waals surface area contributed by atoms with Gasteiger partial charge in [-0.25, -0.2) is 0 Å². The third kappa shape index (κ3) is 7.09. The molecule has 2 amide bonds. The number of aromatic nitrogens is 2. The van der Waals surface area contributed by atoms with Crippen molar-refractivity contribution in [3.8, 4) is 5.75 Å². The van der Waals surface area contributed by atoms with E-state index in [0.29, 0.717) is 44.1 Å². The molecular formula is C22H31N5O3S2. The molecule has 2 heterocycles. The standard InChI is InChI=1S/C22H31N5O3S2/c1-4-5-14-30-18-8-6-17(7-9-18)20(29)26-10-12-27(13-11-26)21-24-25-22(32-21)31-15-19(28)23-16(2)3/h6-9,16H,4-5,10-15H2,1-3H3,(H,23,28). The molecule has 8 nitrogen and oxygen atoms in total. The van der Waals surface area contributed by atoms with Gasteiger partial charge >= 0.3 is 0 Å². The molecule has 1 aromatic heterocycles. The summed E-state index contributed by atoms with van der Waals surface area (Å²) in [6.07, 6.45) is 2.11. The van der Waals surface area contributed by atoms with Crippen LogP contribution in [0.2, 0.25) is 0 Å². The molecule has 1 aliphatic rings. The lowest BCUT2D eigenvalue weighted by molar-refractivity contribution is -0.119. The lowest BCUT2D eigenvalue weighted by Crippen LogP contribution is -2.48. The number of hydrogen-bond donors (Lipinski definition) is 1. The molecule has 1 saturated heterocycles. The summed E-state index contributed by atoms with van der Waals surface area (Å²) in [6.45, 7) is 9.38. The highest BCUT2D eigenvalue weighted by atomic mass is 32.2. The van der Waals surface area contributed by atoms with E-state index in [4.69, 9.17) is 4.74 Å². The summed E-state index contributed by atoms with van der Waals surface area (Å²) < 4.78 is 6.45. The minimum Gasteiger partial charge on any atom is -0.494 e. The fraction of sp³-hybridized carbons (Fsp3) is 0.545. The molecule has 0 saturated carbocycles. The number of rotatable bonds is 10. The van der Waals surface area contributed by atoms with Gasteiger partial charge in [0.15, 0.2) is 4.34 Å². The maximum absolute atomic E-state index is 12.8. The average Bonchev–Trinajstić information content (AvgIpc) is 3.27. The number of piperazine rings is 1. The summed E-state index contributed by atoms with van der Waals surface area (Å²) in [7, 11) is 0. The molecule has 174 valence electrons. The second kappa shape index (κ2) is 12.1. The molecule has 0 bridgehead atoms. The highest BCUT2D eigenvalue weighted by molar-refractivity contribution is 8.01. The van der Waals surface area contributed by atoms with E-state index in [9.17, 15) is 9.59 Å². The van der Waals surface area contributed by atoms with Gasteiger partial charge in [0.2, 0.25) is 11.0 Å². The molecule has 0 unspecified atom stereocenters. The van der Waals surface area contributed by atoms with E-state index >= 15 is 0 Å². The van der Waals surface area contributed by atoms with Crippen molar-refractivity contribution < 1.29 is 14.3 Å². The minimum absolute atomic E-state index is 0.00516. The number of carbonyl (C=O) groups is 2. The van der Waals surface area contributed by atoms with Gasteiger partial charge in [0.05, 0.1) is 12.4 Å². The SMILES string of the molecule is CCCCOc1ccc(C(=O)N2CCN(c3nnc(SCC(=O)NC(C)C)s3)CC2)cc1. The summed E-state index contributed by atoms with van der Waals surface area (Å²) in [4.78, 5) is 28.7. The third-order valence-corrected chi connectivity index (χ3v) is 6.99. The van der Waals surface area contributed by atoms with Gasteiger partial charge in [0, 0.05) is 37.8 Å². The van der Waals surface area contributed by atoms with Gasteiger partial charge in [0.1, 0.15) is 5.75 Å². The van der Waals surface area contributed by atoms with Crippen LogP contribution in [0.1, 0.15) is 44.0 Å². The average molecular weight is 478 g/mol. The van der Waals surface area contributed by atoms with Gasteiger partial charge in [0.25, 0.3) is 5.91 Å². The lowest BCUT2D eigenvalue weighted by atomic mass is 10.1. The normalized spacial score (nSPS) is 14.0. The quantitative estimate of drug-likeness (QED) is 0.415. The van der Waals surface area contributed by atoms with E-state index < -0.39 is 0 Å². The fourth-order valence-electron chi connectivity index (χ4n) is 3.19. The summed E-state index contributed by atoms with van der Waals surface area (Å²) in [6, 6.07) is 7.52. The number of amides is 2. The number of nitrogens with one attached hydrogen (secondary N) is 1. The highest BCUT2D eigenvalue weighted by Crippen LogP contribution is 2.28. The Kier molecular flexibility index (Phi) is 9.16. The van der Waals surface area contributed by atoms with Gasteiger partial charge in [-0.15, -0.1) is 10.2 Å². The summed E-state index contributed by atoms with van der Waals surface area (Å²) in [5.74, 6) is 1.16. The predicted molar refractivity (Wildman–Crippen MR) is 129 cm³/mol. The Bertz CT molecular complexity index is 880. The van der Waals surface area contributed by atoms with Crippen molar-refractivity contribution in [3.05, 3.63) is 29.8 Å². The monoisotopic (exact) mass is 477 g/mol. The van der Waals surface area contributed by atoms with Crippen LogP contribution in [0.4, 0.5) is 5.13 Å². The number of thioether (sulfide) groups is 1. The first-order valence-electron chi connectivity index (χ1n) is 11.0. The molecule has 3 rings (SSSR count). The fourth-order valence-corrected chi connectivity index (χ4v) is 4.89. The van der Waals surface area contributed by atoms with Crippen LogP contribution in [0, 0.1) is 0 Å². The Balaban J connectivity index is 1.46. The van der Waals surface area contributed by atoms with E-state index in [1.165, 1.54) is 23.1 Å². The topological polar surface area (TPSA) is 87.7 Å². The number of hydrogen-bond acceptors (Lipinski definition) is 8. The van der Waals surface area contributed by atoms with Gasteiger partial charge < -0.3 is 19.9 Å². The van der Waals surface area contributed by atoms with Crippen LogP contribution in [0.25, 0.3) is 0 Å². The first-order chi connectivity index (χ1) is 15.5. The maximum Gasteiger partial charge on any atom is 0.253 e. The molecule has 2 aromatic rings. The first-order valence-corrected chi connectivity index (χ1v) is 12.8. The molecular weight excluding hydrogens is 446 g/mol. The van der Waals surface area contributed by atoms with Crippen molar-refractivity contribution in [1.29, 1.82) is 0 Å². The molecule has 0 radical (unpaired) electrons. The smallest absolute Gasteiger partial charge is 0.253 e. The van der Waals surface area contributed by atoms with Gasteiger partial charge in [-0.05, 0) is 44.5 Å². The van der Waals surface area contributed by atoms with Crippen LogP contribution in [0.3, 0.4) is 0 Å². The number of carbonyl (C=O) groups excluding carboxylic acids is 2. The van der Waals surface area contributed by atoms with Crippen molar-refractivity contribution in [1.82, 2.24) is 20.4 Å². The molecule has 10 heteroatoms.